The Morgan fingerprint density at radius 3 is 2.17 bits per heavy atom. The second-order valence-electron chi connectivity index (χ2n) is 7.02. The number of carbonyl (C=O) groups is 1. The fraction of sp³-hybridized carbons (Fsp3) is 0.933. The molecule has 0 aliphatic heterocycles. The number of halogens is 1. The van der Waals surface area contributed by atoms with Gasteiger partial charge in [0, 0.05) is 16.8 Å². The van der Waals surface area contributed by atoms with Crippen molar-refractivity contribution in [2.45, 2.75) is 56.7 Å². The minimum atomic E-state index is 0.0320. The van der Waals surface area contributed by atoms with Gasteiger partial charge in [0.05, 0.1) is 0 Å². The Morgan fingerprint density at radius 2 is 1.72 bits per heavy atom. The quantitative estimate of drug-likeness (QED) is 0.791. The predicted molar refractivity (Wildman–Crippen MR) is 76.6 cm³/mol. The zero-order valence-electron chi connectivity index (χ0n) is 11.3. The summed E-state index contributed by atoms with van der Waals surface area (Å²) in [6.45, 7) is 2.96. The van der Waals surface area contributed by atoms with E-state index in [9.17, 15) is 4.79 Å². The number of amides is 1. The van der Waals surface area contributed by atoms with Crippen LogP contribution in [0.15, 0.2) is 0 Å². The van der Waals surface area contributed by atoms with Crippen molar-refractivity contribution >= 4 is 21.8 Å². The second-order valence-corrected chi connectivity index (χ2v) is 8.59. The van der Waals surface area contributed by atoms with E-state index in [0.717, 1.165) is 30.7 Å². The monoisotopic (exact) mass is 313 g/mol. The minimum absolute atomic E-state index is 0.0320. The van der Waals surface area contributed by atoms with Crippen LogP contribution < -0.4 is 5.32 Å². The molecule has 2 nitrogen and oxygen atoms in total. The molecule has 0 radical (unpaired) electrons. The molecule has 4 bridgehead atoms. The van der Waals surface area contributed by atoms with Gasteiger partial charge in [-0.05, 0) is 62.7 Å². The van der Waals surface area contributed by atoms with Gasteiger partial charge >= 0.3 is 0 Å². The summed E-state index contributed by atoms with van der Waals surface area (Å²) in [5.41, 5.74) is 0.0320. The van der Waals surface area contributed by atoms with E-state index in [4.69, 9.17) is 0 Å². The lowest BCUT2D eigenvalue weighted by molar-refractivity contribution is -0.146. The van der Waals surface area contributed by atoms with Crippen molar-refractivity contribution in [2.24, 2.45) is 23.2 Å². The molecule has 4 saturated carbocycles. The Hall–Kier alpha value is -0.0500. The van der Waals surface area contributed by atoms with Crippen molar-refractivity contribution in [1.82, 2.24) is 5.32 Å². The van der Waals surface area contributed by atoms with Crippen LogP contribution in [-0.4, -0.2) is 17.3 Å². The molecule has 0 aromatic carbocycles. The first kappa shape index (κ1) is 13.0. The van der Waals surface area contributed by atoms with E-state index in [1.165, 1.54) is 38.5 Å². The smallest absolute Gasteiger partial charge is 0.226 e. The van der Waals surface area contributed by atoms with E-state index in [0.29, 0.717) is 10.7 Å². The molecule has 3 heteroatoms. The highest BCUT2D eigenvalue weighted by Gasteiger charge is 2.54. The maximum absolute atomic E-state index is 12.6. The van der Waals surface area contributed by atoms with Crippen molar-refractivity contribution < 1.29 is 4.79 Å². The summed E-state index contributed by atoms with van der Waals surface area (Å²) in [5, 5.41) is 3.20. The van der Waals surface area contributed by atoms with E-state index in [1.54, 1.807) is 0 Å². The van der Waals surface area contributed by atoms with E-state index in [2.05, 4.69) is 28.2 Å². The van der Waals surface area contributed by atoms with Gasteiger partial charge in [0.1, 0.15) is 0 Å². The fourth-order valence-electron chi connectivity index (χ4n) is 4.96. The van der Waals surface area contributed by atoms with Crippen LogP contribution in [0.5, 0.6) is 0 Å². The van der Waals surface area contributed by atoms with Crippen molar-refractivity contribution in [3.8, 4) is 0 Å². The van der Waals surface area contributed by atoms with Crippen LogP contribution in [0.2, 0.25) is 0 Å². The lowest BCUT2D eigenvalue weighted by Crippen LogP contribution is -2.53. The van der Waals surface area contributed by atoms with E-state index >= 15 is 0 Å². The maximum Gasteiger partial charge on any atom is 0.226 e. The number of nitrogens with one attached hydrogen (secondary N) is 1. The first-order valence-corrected chi connectivity index (χ1v) is 8.41. The normalized spacial score (nSPS) is 42.9. The molecule has 18 heavy (non-hydrogen) atoms. The third-order valence-electron chi connectivity index (χ3n) is 5.35. The molecular weight excluding hydrogens is 290 g/mol. The Morgan fingerprint density at radius 1 is 1.22 bits per heavy atom. The van der Waals surface area contributed by atoms with Crippen LogP contribution >= 0.6 is 15.9 Å². The molecule has 1 amide bonds. The van der Waals surface area contributed by atoms with E-state index in [1.807, 2.05) is 0 Å². The van der Waals surface area contributed by atoms with Crippen LogP contribution in [0, 0.1) is 23.2 Å². The number of carbonyl (C=O) groups excluding carboxylic acids is 1. The highest BCUT2D eigenvalue weighted by atomic mass is 79.9. The molecule has 0 saturated heterocycles. The lowest BCUT2D eigenvalue weighted by atomic mass is 9.49. The SMILES string of the molecule is CC(Br)CCNC(=O)C12CC3CC(CC(C3)C1)C2. The van der Waals surface area contributed by atoms with E-state index in [-0.39, 0.29) is 5.41 Å². The summed E-state index contributed by atoms with van der Waals surface area (Å²) >= 11 is 3.54. The van der Waals surface area contributed by atoms with E-state index < -0.39 is 0 Å². The molecule has 0 aromatic heterocycles. The summed E-state index contributed by atoms with van der Waals surface area (Å²) in [6.07, 6.45) is 8.77. The van der Waals surface area contributed by atoms with Gasteiger partial charge in [0.25, 0.3) is 0 Å². The molecule has 4 fully saturated rings. The van der Waals surface area contributed by atoms with Gasteiger partial charge in [-0.1, -0.05) is 22.9 Å². The molecule has 4 aliphatic rings. The molecule has 1 atom stereocenters. The molecule has 4 rings (SSSR count). The first-order chi connectivity index (χ1) is 8.57. The van der Waals surface area contributed by atoms with Crippen LogP contribution in [0.25, 0.3) is 0 Å². The molecule has 4 aliphatic carbocycles. The van der Waals surface area contributed by atoms with Gasteiger partial charge in [-0.15, -0.1) is 0 Å². The van der Waals surface area contributed by atoms with Crippen molar-refractivity contribution in [3.05, 3.63) is 0 Å². The molecular formula is C15H24BrNO. The molecule has 0 spiro atoms. The number of alkyl halides is 1. The second kappa shape index (κ2) is 4.81. The Kier molecular flexibility index (Phi) is 3.46. The summed E-state index contributed by atoms with van der Waals surface area (Å²) in [6, 6.07) is 0. The highest BCUT2D eigenvalue weighted by Crippen LogP contribution is 2.60. The summed E-state index contributed by atoms with van der Waals surface area (Å²) in [4.78, 5) is 13.0. The molecule has 1 unspecified atom stereocenters. The number of hydrogen-bond acceptors (Lipinski definition) is 1. The van der Waals surface area contributed by atoms with Crippen LogP contribution in [0.4, 0.5) is 0 Å². The summed E-state index contributed by atoms with van der Waals surface area (Å²) < 4.78 is 0. The van der Waals surface area contributed by atoms with Gasteiger partial charge in [0.15, 0.2) is 0 Å². The fourth-order valence-corrected chi connectivity index (χ4v) is 5.19. The van der Waals surface area contributed by atoms with Gasteiger partial charge in [-0.3, -0.25) is 4.79 Å². The largest absolute Gasteiger partial charge is 0.356 e. The van der Waals surface area contributed by atoms with Crippen LogP contribution in [0.3, 0.4) is 0 Å². The van der Waals surface area contributed by atoms with Gasteiger partial charge < -0.3 is 5.32 Å². The number of hydrogen-bond donors (Lipinski definition) is 1. The van der Waals surface area contributed by atoms with Crippen molar-refractivity contribution in [3.63, 3.8) is 0 Å². The molecule has 0 aromatic rings. The predicted octanol–water partition coefficient (Wildman–Crippen LogP) is 3.49. The third-order valence-corrected chi connectivity index (χ3v) is 5.81. The zero-order chi connectivity index (χ0) is 12.8. The number of rotatable bonds is 4. The average molecular weight is 314 g/mol. The van der Waals surface area contributed by atoms with Crippen LogP contribution in [-0.2, 0) is 4.79 Å². The molecule has 102 valence electrons. The molecule has 1 N–H and O–H groups in total. The summed E-state index contributed by atoms with van der Waals surface area (Å²) in [5.74, 6) is 2.95. The summed E-state index contributed by atoms with van der Waals surface area (Å²) in [7, 11) is 0. The van der Waals surface area contributed by atoms with Crippen LogP contribution in [0.1, 0.15) is 51.9 Å². The lowest BCUT2D eigenvalue weighted by Gasteiger charge is -2.55. The standard InChI is InChI=1S/C15H24BrNO/c1-10(16)2-3-17-14(18)15-7-11-4-12(8-15)6-13(5-11)9-15/h10-13H,2-9H2,1H3,(H,17,18). The Bertz CT molecular complexity index is 304. The minimum Gasteiger partial charge on any atom is -0.356 e. The van der Waals surface area contributed by atoms with Gasteiger partial charge in [-0.2, -0.15) is 0 Å². The zero-order valence-corrected chi connectivity index (χ0v) is 12.8. The average Bonchev–Trinajstić information content (AvgIpc) is 2.26. The first-order valence-electron chi connectivity index (χ1n) is 7.50. The highest BCUT2D eigenvalue weighted by molar-refractivity contribution is 9.09. The topological polar surface area (TPSA) is 29.1 Å². The Balaban J connectivity index is 1.62. The van der Waals surface area contributed by atoms with Crippen molar-refractivity contribution in [1.29, 1.82) is 0 Å². The van der Waals surface area contributed by atoms with Gasteiger partial charge in [0.2, 0.25) is 5.91 Å². The third kappa shape index (κ3) is 2.35. The van der Waals surface area contributed by atoms with Crippen molar-refractivity contribution in [2.75, 3.05) is 6.54 Å². The Labute approximate surface area is 118 Å². The maximum atomic E-state index is 12.6. The van der Waals surface area contributed by atoms with Gasteiger partial charge in [-0.25, -0.2) is 0 Å². The molecule has 0 heterocycles.